The zero-order valence-electron chi connectivity index (χ0n) is 21.2. The maximum Gasteiger partial charge on any atom is 0.257 e. The Hall–Kier alpha value is -3.91. The third-order valence-electron chi connectivity index (χ3n) is 5.45. The van der Waals surface area contributed by atoms with Crippen LogP contribution in [-0.2, 0) is 0 Å². The summed E-state index contributed by atoms with van der Waals surface area (Å²) >= 11 is 5.33. The van der Waals surface area contributed by atoms with Crippen molar-refractivity contribution in [3.8, 4) is 11.5 Å². The molecule has 0 bridgehead atoms. The number of para-hydroxylation sites is 1. The van der Waals surface area contributed by atoms with E-state index in [0.717, 1.165) is 24.3 Å². The van der Waals surface area contributed by atoms with Gasteiger partial charge >= 0.3 is 0 Å². The number of hydrogen-bond acceptors (Lipinski definition) is 5. The predicted molar refractivity (Wildman–Crippen MR) is 152 cm³/mol. The van der Waals surface area contributed by atoms with E-state index in [2.05, 4.69) is 22.9 Å². The van der Waals surface area contributed by atoms with Gasteiger partial charge in [-0.25, -0.2) is 0 Å². The maximum absolute atomic E-state index is 12.9. The predicted octanol–water partition coefficient (Wildman–Crippen LogP) is 6.42. The van der Waals surface area contributed by atoms with Crippen molar-refractivity contribution in [3.05, 3.63) is 83.9 Å². The smallest absolute Gasteiger partial charge is 0.257 e. The van der Waals surface area contributed by atoms with Crippen LogP contribution >= 0.6 is 12.2 Å². The van der Waals surface area contributed by atoms with Crippen molar-refractivity contribution in [1.29, 1.82) is 0 Å². The number of ether oxygens (including phenoxy) is 2. The molecule has 3 aromatic carbocycles. The highest BCUT2D eigenvalue weighted by molar-refractivity contribution is 7.80. The largest absolute Gasteiger partial charge is 0.494 e. The van der Waals surface area contributed by atoms with Gasteiger partial charge < -0.3 is 20.1 Å². The highest BCUT2D eigenvalue weighted by atomic mass is 32.1. The molecule has 0 aromatic heterocycles. The van der Waals surface area contributed by atoms with E-state index < -0.39 is 0 Å². The van der Waals surface area contributed by atoms with E-state index in [4.69, 9.17) is 21.7 Å². The minimum absolute atomic E-state index is 0.0857. The fourth-order valence-corrected chi connectivity index (χ4v) is 3.74. The molecule has 0 atom stereocenters. The van der Waals surface area contributed by atoms with Crippen molar-refractivity contribution >= 4 is 40.5 Å². The Morgan fingerprint density at radius 2 is 1.43 bits per heavy atom. The minimum atomic E-state index is -0.358. The monoisotopic (exact) mass is 519 g/mol. The van der Waals surface area contributed by atoms with Crippen LogP contribution in [0.25, 0.3) is 0 Å². The number of unbranched alkanes of at least 4 members (excludes halogenated alkanes) is 3. The number of benzene rings is 3. The Morgan fingerprint density at radius 3 is 2.14 bits per heavy atom. The number of carbonyl (C=O) groups is 2. The van der Waals surface area contributed by atoms with Crippen LogP contribution in [0.5, 0.6) is 11.5 Å². The number of nitrogens with one attached hydrogen (secondary N) is 3. The zero-order chi connectivity index (χ0) is 26.5. The highest BCUT2D eigenvalue weighted by Gasteiger charge is 2.14. The van der Waals surface area contributed by atoms with Crippen molar-refractivity contribution in [1.82, 2.24) is 5.32 Å². The van der Waals surface area contributed by atoms with Crippen molar-refractivity contribution in [3.63, 3.8) is 0 Å². The van der Waals surface area contributed by atoms with E-state index in [1.807, 2.05) is 6.92 Å². The Bertz CT molecular complexity index is 1180. The van der Waals surface area contributed by atoms with Gasteiger partial charge in [0.05, 0.1) is 24.5 Å². The number of anilines is 2. The summed E-state index contributed by atoms with van der Waals surface area (Å²) in [7, 11) is 0. The third kappa shape index (κ3) is 8.91. The number of hydrogen-bond donors (Lipinski definition) is 3. The molecule has 0 radical (unpaired) electrons. The molecular formula is C29H33N3O4S. The third-order valence-corrected chi connectivity index (χ3v) is 5.66. The Balaban J connectivity index is 1.54. The van der Waals surface area contributed by atoms with Crippen LogP contribution in [0, 0.1) is 0 Å². The van der Waals surface area contributed by atoms with E-state index in [-0.39, 0.29) is 16.9 Å². The molecule has 3 aromatic rings. The van der Waals surface area contributed by atoms with Gasteiger partial charge in [0, 0.05) is 11.3 Å². The molecule has 8 heteroatoms. The van der Waals surface area contributed by atoms with Crippen molar-refractivity contribution in [2.24, 2.45) is 0 Å². The topological polar surface area (TPSA) is 88.7 Å². The van der Waals surface area contributed by atoms with Crippen LogP contribution in [-0.4, -0.2) is 30.1 Å². The molecule has 0 aliphatic rings. The van der Waals surface area contributed by atoms with E-state index in [1.54, 1.807) is 72.8 Å². The van der Waals surface area contributed by atoms with E-state index >= 15 is 0 Å². The zero-order valence-corrected chi connectivity index (χ0v) is 22.0. The summed E-state index contributed by atoms with van der Waals surface area (Å²) in [6.45, 7) is 5.31. The molecule has 0 spiro atoms. The molecule has 3 rings (SSSR count). The van der Waals surface area contributed by atoms with Gasteiger partial charge in [0.1, 0.15) is 11.5 Å². The van der Waals surface area contributed by atoms with Crippen LogP contribution in [0.4, 0.5) is 11.4 Å². The number of thiocarbonyl (C=S) groups is 1. The lowest BCUT2D eigenvalue weighted by molar-refractivity contribution is 0.0976. The van der Waals surface area contributed by atoms with E-state index in [9.17, 15) is 9.59 Å². The Morgan fingerprint density at radius 1 is 0.757 bits per heavy atom. The van der Waals surface area contributed by atoms with Gasteiger partial charge in [0.25, 0.3) is 11.8 Å². The summed E-state index contributed by atoms with van der Waals surface area (Å²) in [4.78, 5) is 25.6. The summed E-state index contributed by atoms with van der Waals surface area (Å²) in [6.07, 6.45) is 4.54. The van der Waals surface area contributed by atoms with Crippen LogP contribution in [0.15, 0.2) is 72.8 Å². The SMILES string of the molecule is CCCCCCOc1ccc(C(=O)NC(=S)Nc2ccccc2C(=O)Nc2ccc(OCC)cc2)cc1. The van der Waals surface area contributed by atoms with Crippen LogP contribution in [0.1, 0.15) is 60.2 Å². The summed E-state index contributed by atoms with van der Waals surface area (Å²) in [5.74, 6) is 0.782. The number of rotatable bonds is 12. The standard InChI is InChI=1S/C29H33N3O4S/c1-3-5-6-9-20-36-24-16-12-21(13-17-24)27(33)32-29(37)31-26-11-8-7-10-25(26)28(34)30-22-14-18-23(19-15-22)35-4-2/h7-8,10-19H,3-6,9,20H2,1-2H3,(H,30,34)(H2,31,32,33,37). The van der Waals surface area contributed by atoms with Gasteiger partial charge in [-0.3, -0.25) is 14.9 Å². The molecule has 0 saturated carbocycles. The lowest BCUT2D eigenvalue weighted by atomic mass is 10.1. The van der Waals surface area contributed by atoms with Crippen molar-refractivity contribution in [2.45, 2.75) is 39.5 Å². The van der Waals surface area contributed by atoms with Crippen molar-refractivity contribution < 1.29 is 19.1 Å². The molecule has 0 heterocycles. The summed E-state index contributed by atoms with van der Waals surface area (Å²) < 4.78 is 11.2. The summed E-state index contributed by atoms with van der Waals surface area (Å²) in [5, 5.41) is 8.56. The van der Waals surface area contributed by atoms with Crippen LogP contribution in [0.3, 0.4) is 0 Å². The molecule has 3 N–H and O–H groups in total. The second-order valence-corrected chi connectivity index (χ2v) is 8.71. The molecule has 2 amide bonds. The van der Waals surface area contributed by atoms with Gasteiger partial charge in [0.15, 0.2) is 5.11 Å². The first-order valence-electron chi connectivity index (χ1n) is 12.5. The fourth-order valence-electron chi connectivity index (χ4n) is 3.54. The van der Waals surface area contributed by atoms with Gasteiger partial charge in [-0.1, -0.05) is 38.3 Å². The normalized spacial score (nSPS) is 10.3. The lowest BCUT2D eigenvalue weighted by Crippen LogP contribution is -2.34. The Kier molecular flexibility index (Phi) is 10.9. The minimum Gasteiger partial charge on any atom is -0.494 e. The number of amides is 2. The molecule has 0 fully saturated rings. The average molecular weight is 520 g/mol. The summed E-state index contributed by atoms with van der Waals surface area (Å²) in [6, 6.07) is 21.0. The summed E-state index contributed by atoms with van der Waals surface area (Å²) in [5.41, 5.74) is 1.94. The molecule has 0 unspecified atom stereocenters. The first-order valence-corrected chi connectivity index (χ1v) is 12.9. The Labute approximate surface area is 223 Å². The molecule has 0 saturated heterocycles. The van der Waals surface area contributed by atoms with Crippen LogP contribution < -0.4 is 25.4 Å². The molecule has 7 nitrogen and oxygen atoms in total. The van der Waals surface area contributed by atoms with Gasteiger partial charge in [-0.15, -0.1) is 0 Å². The maximum atomic E-state index is 12.9. The molecule has 194 valence electrons. The van der Waals surface area contributed by atoms with Crippen LogP contribution in [0.2, 0.25) is 0 Å². The lowest BCUT2D eigenvalue weighted by Gasteiger charge is -2.14. The first-order chi connectivity index (χ1) is 18.0. The highest BCUT2D eigenvalue weighted by Crippen LogP contribution is 2.20. The fraction of sp³-hybridized carbons (Fsp3) is 0.276. The molecule has 0 aliphatic carbocycles. The molecule has 37 heavy (non-hydrogen) atoms. The first kappa shape index (κ1) is 27.7. The average Bonchev–Trinajstić information content (AvgIpc) is 2.90. The number of carbonyl (C=O) groups excluding carboxylic acids is 2. The second-order valence-electron chi connectivity index (χ2n) is 8.30. The molecule has 0 aliphatic heterocycles. The molecular weight excluding hydrogens is 486 g/mol. The van der Waals surface area contributed by atoms with E-state index in [1.165, 1.54) is 12.8 Å². The van der Waals surface area contributed by atoms with Gasteiger partial charge in [-0.2, -0.15) is 0 Å². The second kappa shape index (κ2) is 14.6. The van der Waals surface area contributed by atoms with Gasteiger partial charge in [0.2, 0.25) is 0 Å². The quantitative estimate of drug-likeness (QED) is 0.189. The van der Waals surface area contributed by atoms with Gasteiger partial charge in [-0.05, 0) is 86.2 Å². The van der Waals surface area contributed by atoms with Crippen molar-refractivity contribution in [2.75, 3.05) is 23.8 Å². The van der Waals surface area contributed by atoms with E-state index in [0.29, 0.717) is 35.7 Å².